The molecule has 6 heteroatoms. The molecule has 0 saturated carbocycles. The van der Waals surface area contributed by atoms with E-state index in [1.807, 2.05) is 7.05 Å². The van der Waals surface area contributed by atoms with Crippen LogP contribution in [-0.2, 0) is 4.74 Å². The van der Waals surface area contributed by atoms with E-state index in [0.29, 0.717) is 5.95 Å². The predicted molar refractivity (Wildman–Crippen MR) is 83.9 cm³/mol. The molecule has 0 spiro atoms. The minimum Gasteiger partial charge on any atom is -0.377 e. The molecule has 0 unspecified atom stereocenters. The SMILES string of the molecule is CNc1nc(N2CCOCC2(C)C)c2cc(C)sc2n1. The predicted octanol–water partition coefficient (Wildman–Crippen LogP) is 2.66. The first-order valence-electron chi connectivity index (χ1n) is 6.82. The second-order valence-electron chi connectivity index (χ2n) is 5.71. The van der Waals surface area contributed by atoms with E-state index in [4.69, 9.17) is 9.72 Å². The van der Waals surface area contributed by atoms with Crippen molar-refractivity contribution < 1.29 is 4.74 Å². The third kappa shape index (κ3) is 2.23. The van der Waals surface area contributed by atoms with E-state index in [1.54, 1.807) is 11.3 Å². The molecule has 0 aromatic carbocycles. The van der Waals surface area contributed by atoms with Crippen LogP contribution >= 0.6 is 11.3 Å². The highest BCUT2D eigenvalue weighted by atomic mass is 32.1. The number of thiophene rings is 1. The van der Waals surface area contributed by atoms with Gasteiger partial charge in [-0.25, -0.2) is 4.98 Å². The van der Waals surface area contributed by atoms with Gasteiger partial charge in [0.15, 0.2) is 0 Å². The molecule has 5 nitrogen and oxygen atoms in total. The number of hydrogen-bond acceptors (Lipinski definition) is 6. The Morgan fingerprint density at radius 2 is 2.20 bits per heavy atom. The summed E-state index contributed by atoms with van der Waals surface area (Å²) >= 11 is 1.71. The molecular weight excluding hydrogens is 272 g/mol. The van der Waals surface area contributed by atoms with Crippen molar-refractivity contribution in [2.75, 3.05) is 37.0 Å². The van der Waals surface area contributed by atoms with E-state index in [9.17, 15) is 0 Å². The Morgan fingerprint density at radius 3 is 2.90 bits per heavy atom. The summed E-state index contributed by atoms with van der Waals surface area (Å²) in [4.78, 5) is 13.9. The van der Waals surface area contributed by atoms with E-state index < -0.39 is 0 Å². The van der Waals surface area contributed by atoms with E-state index in [1.165, 1.54) is 4.88 Å². The summed E-state index contributed by atoms with van der Waals surface area (Å²) in [6.45, 7) is 8.82. The number of nitrogens with zero attached hydrogens (tertiary/aromatic N) is 3. The summed E-state index contributed by atoms with van der Waals surface area (Å²) in [6.07, 6.45) is 0. The van der Waals surface area contributed by atoms with E-state index in [-0.39, 0.29) is 5.54 Å². The summed E-state index contributed by atoms with van der Waals surface area (Å²) in [5, 5.41) is 4.20. The lowest BCUT2D eigenvalue weighted by atomic mass is 10.0. The molecule has 1 N–H and O–H groups in total. The second kappa shape index (κ2) is 4.86. The van der Waals surface area contributed by atoms with Gasteiger partial charge >= 0.3 is 0 Å². The maximum atomic E-state index is 5.61. The van der Waals surface area contributed by atoms with Gasteiger partial charge in [0, 0.05) is 18.5 Å². The van der Waals surface area contributed by atoms with Gasteiger partial charge in [-0.05, 0) is 26.8 Å². The fraction of sp³-hybridized carbons (Fsp3) is 0.571. The van der Waals surface area contributed by atoms with Gasteiger partial charge < -0.3 is 15.0 Å². The lowest BCUT2D eigenvalue weighted by Gasteiger charge is -2.43. The number of hydrogen-bond donors (Lipinski definition) is 1. The van der Waals surface area contributed by atoms with Crippen LogP contribution in [0.3, 0.4) is 0 Å². The van der Waals surface area contributed by atoms with E-state index >= 15 is 0 Å². The van der Waals surface area contributed by atoms with Crippen LogP contribution in [0.15, 0.2) is 6.07 Å². The van der Waals surface area contributed by atoms with Crippen molar-refractivity contribution in [2.24, 2.45) is 0 Å². The number of rotatable bonds is 2. The molecule has 0 amide bonds. The van der Waals surface area contributed by atoms with Gasteiger partial charge in [0.1, 0.15) is 10.6 Å². The molecule has 20 heavy (non-hydrogen) atoms. The third-order valence-corrected chi connectivity index (χ3v) is 4.56. The highest BCUT2D eigenvalue weighted by Gasteiger charge is 2.33. The lowest BCUT2D eigenvalue weighted by Crippen LogP contribution is -2.53. The molecule has 3 heterocycles. The highest BCUT2D eigenvalue weighted by Crippen LogP contribution is 2.35. The molecule has 108 valence electrons. The quantitative estimate of drug-likeness (QED) is 0.922. The first kappa shape index (κ1) is 13.6. The van der Waals surface area contributed by atoms with Gasteiger partial charge in [-0.2, -0.15) is 4.98 Å². The van der Waals surface area contributed by atoms with Gasteiger partial charge in [0.25, 0.3) is 0 Å². The van der Waals surface area contributed by atoms with Crippen LogP contribution in [0.1, 0.15) is 18.7 Å². The van der Waals surface area contributed by atoms with Crippen LogP contribution in [-0.4, -0.2) is 42.3 Å². The van der Waals surface area contributed by atoms with Crippen molar-refractivity contribution in [1.82, 2.24) is 9.97 Å². The molecule has 2 aromatic rings. The molecule has 1 aliphatic heterocycles. The molecule has 0 radical (unpaired) electrons. The van der Waals surface area contributed by atoms with Crippen LogP contribution in [0.2, 0.25) is 0 Å². The van der Waals surface area contributed by atoms with E-state index in [2.05, 4.69) is 42.0 Å². The number of anilines is 2. The molecule has 2 aromatic heterocycles. The van der Waals surface area contributed by atoms with Crippen molar-refractivity contribution >= 4 is 33.3 Å². The summed E-state index contributed by atoms with van der Waals surface area (Å²) < 4.78 is 5.61. The van der Waals surface area contributed by atoms with Gasteiger partial charge in [-0.3, -0.25) is 0 Å². The zero-order chi connectivity index (χ0) is 14.3. The summed E-state index contributed by atoms with van der Waals surface area (Å²) in [7, 11) is 1.86. The molecule has 0 aliphatic carbocycles. The Morgan fingerprint density at radius 1 is 1.40 bits per heavy atom. The summed E-state index contributed by atoms with van der Waals surface area (Å²) in [6, 6.07) is 2.18. The standard InChI is InChI=1S/C14H20N4OS/c1-9-7-10-11(16-13(15-4)17-12(10)20-9)18-5-6-19-8-14(18,2)3/h7H,5-6,8H2,1-4H3,(H,15,16,17). The van der Waals surface area contributed by atoms with Gasteiger partial charge in [0.05, 0.1) is 24.1 Å². The number of aromatic nitrogens is 2. The number of nitrogens with one attached hydrogen (secondary N) is 1. The lowest BCUT2D eigenvalue weighted by molar-refractivity contribution is 0.0641. The smallest absolute Gasteiger partial charge is 0.225 e. The van der Waals surface area contributed by atoms with Crippen LogP contribution in [0.4, 0.5) is 11.8 Å². The normalized spacial score (nSPS) is 18.5. The Hall–Kier alpha value is -1.40. The topological polar surface area (TPSA) is 50.3 Å². The van der Waals surface area contributed by atoms with Gasteiger partial charge in [-0.15, -0.1) is 11.3 Å². The zero-order valence-electron chi connectivity index (χ0n) is 12.4. The van der Waals surface area contributed by atoms with Crippen molar-refractivity contribution in [3.63, 3.8) is 0 Å². The van der Waals surface area contributed by atoms with Crippen molar-refractivity contribution in [3.05, 3.63) is 10.9 Å². The number of aryl methyl sites for hydroxylation is 1. The Balaban J connectivity index is 2.18. The molecule has 1 aliphatic rings. The maximum Gasteiger partial charge on any atom is 0.225 e. The summed E-state index contributed by atoms with van der Waals surface area (Å²) in [5.41, 5.74) is -0.0552. The fourth-order valence-corrected chi connectivity index (χ4v) is 3.47. The third-order valence-electron chi connectivity index (χ3n) is 3.62. The van der Waals surface area contributed by atoms with Crippen molar-refractivity contribution in [1.29, 1.82) is 0 Å². The minimum absolute atomic E-state index is 0.0552. The average molecular weight is 292 g/mol. The Labute approximate surface area is 123 Å². The van der Waals surface area contributed by atoms with Crippen LogP contribution in [0, 0.1) is 6.92 Å². The molecule has 3 rings (SSSR count). The van der Waals surface area contributed by atoms with Crippen LogP contribution in [0.5, 0.6) is 0 Å². The monoisotopic (exact) mass is 292 g/mol. The minimum atomic E-state index is -0.0552. The molecule has 1 saturated heterocycles. The Bertz CT molecular complexity index is 637. The van der Waals surface area contributed by atoms with Crippen molar-refractivity contribution in [3.8, 4) is 0 Å². The van der Waals surface area contributed by atoms with Crippen LogP contribution < -0.4 is 10.2 Å². The highest BCUT2D eigenvalue weighted by molar-refractivity contribution is 7.18. The van der Waals surface area contributed by atoms with Gasteiger partial charge in [0.2, 0.25) is 5.95 Å². The number of morpholine rings is 1. The summed E-state index contributed by atoms with van der Waals surface area (Å²) in [5.74, 6) is 1.69. The van der Waals surface area contributed by atoms with Crippen LogP contribution in [0.25, 0.3) is 10.2 Å². The molecule has 0 bridgehead atoms. The largest absolute Gasteiger partial charge is 0.377 e. The van der Waals surface area contributed by atoms with Gasteiger partial charge in [-0.1, -0.05) is 0 Å². The number of fused-ring (bicyclic) bond motifs is 1. The second-order valence-corrected chi connectivity index (χ2v) is 6.95. The number of ether oxygens (including phenoxy) is 1. The molecule has 1 fully saturated rings. The first-order valence-corrected chi connectivity index (χ1v) is 7.64. The Kier molecular flexibility index (Phi) is 3.30. The maximum absolute atomic E-state index is 5.61. The first-order chi connectivity index (χ1) is 9.51. The fourth-order valence-electron chi connectivity index (χ4n) is 2.60. The zero-order valence-corrected chi connectivity index (χ0v) is 13.2. The molecule has 0 atom stereocenters. The van der Waals surface area contributed by atoms with Crippen molar-refractivity contribution in [2.45, 2.75) is 26.3 Å². The van der Waals surface area contributed by atoms with E-state index in [0.717, 1.165) is 35.8 Å². The molecular formula is C14H20N4OS. The average Bonchev–Trinajstić information content (AvgIpc) is 2.77.